The Bertz CT molecular complexity index is 552. The Balaban J connectivity index is 2.11. The van der Waals surface area contributed by atoms with Crippen molar-refractivity contribution in [2.45, 2.75) is 6.54 Å². The molecule has 1 nitrogen and oxygen atoms in total. The standard InChI is InChI=1S/C13H9BrCl3N/c14-12-6-9(15)1-2-13(12)18-7-8-3-10(16)5-11(17)4-8/h1-6,18H,7H2. The fourth-order valence-corrected chi connectivity index (χ4v) is 2.94. The molecule has 2 rings (SSSR count). The van der Waals surface area contributed by atoms with Crippen LogP contribution in [-0.4, -0.2) is 0 Å². The average molecular weight is 365 g/mol. The van der Waals surface area contributed by atoms with Crippen molar-refractivity contribution in [1.29, 1.82) is 0 Å². The van der Waals surface area contributed by atoms with Crippen LogP contribution in [-0.2, 0) is 6.54 Å². The van der Waals surface area contributed by atoms with Crippen molar-refractivity contribution in [2.75, 3.05) is 5.32 Å². The summed E-state index contributed by atoms with van der Waals surface area (Å²) in [5.41, 5.74) is 1.99. The fraction of sp³-hybridized carbons (Fsp3) is 0.0769. The van der Waals surface area contributed by atoms with Gasteiger partial charge in [0, 0.05) is 31.8 Å². The molecule has 0 aliphatic rings. The molecule has 0 atom stereocenters. The largest absolute Gasteiger partial charge is 0.380 e. The Morgan fingerprint density at radius 1 is 0.889 bits per heavy atom. The molecular weight excluding hydrogens is 356 g/mol. The predicted molar refractivity (Wildman–Crippen MR) is 82.9 cm³/mol. The molecule has 94 valence electrons. The zero-order valence-corrected chi connectivity index (χ0v) is 13.0. The predicted octanol–water partition coefficient (Wildman–Crippen LogP) is 6.02. The van der Waals surface area contributed by atoms with Crippen molar-refractivity contribution < 1.29 is 0 Å². The number of hydrogen-bond donors (Lipinski definition) is 1. The van der Waals surface area contributed by atoms with Gasteiger partial charge in [-0.15, -0.1) is 0 Å². The lowest BCUT2D eigenvalue weighted by molar-refractivity contribution is 1.15. The van der Waals surface area contributed by atoms with Crippen LogP contribution in [0.1, 0.15) is 5.56 Å². The van der Waals surface area contributed by atoms with E-state index >= 15 is 0 Å². The lowest BCUT2D eigenvalue weighted by atomic mass is 10.2. The van der Waals surface area contributed by atoms with E-state index in [2.05, 4.69) is 21.2 Å². The lowest BCUT2D eigenvalue weighted by Crippen LogP contribution is -2.00. The SMILES string of the molecule is Clc1cc(Cl)cc(CNc2ccc(Cl)cc2Br)c1. The zero-order valence-electron chi connectivity index (χ0n) is 9.18. The summed E-state index contributed by atoms with van der Waals surface area (Å²) in [6.07, 6.45) is 0. The van der Waals surface area contributed by atoms with Crippen molar-refractivity contribution in [3.05, 3.63) is 61.5 Å². The van der Waals surface area contributed by atoms with Gasteiger partial charge >= 0.3 is 0 Å². The topological polar surface area (TPSA) is 12.0 Å². The van der Waals surface area contributed by atoms with Crippen LogP contribution in [0.2, 0.25) is 15.1 Å². The quantitative estimate of drug-likeness (QED) is 0.701. The van der Waals surface area contributed by atoms with E-state index in [1.807, 2.05) is 30.3 Å². The first kappa shape index (κ1) is 14.0. The summed E-state index contributed by atoms with van der Waals surface area (Å²) in [5, 5.41) is 5.25. The average Bonchev–Trinajstić information content (AvgIpc) is 2.26. The number of halogens is 4. The molecule has 0 saturated carbocycles. The lowest BCUT2D eigenvalue weighted by Gasteiger charge is -2.09. The van der Waals surface area contributed by atoms with Crippen LogP contribution in [0.4, 0.5) is 5.69 Å². The molecule has 0 fully saturated rings. The van der Waals surface area contributed by atoms with Gasteiger partial charge in [-0.05, 0) is 57.9 Å². The van der Waals surface area contributed by atoms with E-state index in [1.54, 1.807) is 6.07 Å². The zero-order chi connectivity index (χ0) is 13.1. The molecule has 0 spiro atoms. The van der Waals surface area contributed by atoms with Crippen LogP contribution in [0, 0.1) is 0 Å². The Morgan fingerprint density at radius 2 is 1.56 bits per heavy atom. The van der Waals surface area contributed by atoms with E-state index in [1.165, 1.54) is 0 Å². The third-order valence-corrected chi connectivity index (χ3v) is 3.66. The van der Waals surface area contributed by atoms with Crippen molar-refractivity contribution in [1.82, 2.24) is 0 Å². The molecule has 0 heterocycles. The van der Waals surface area contributed by atoms with Gasteiger partial charge in [-0.2, -0.15) is 0 Å². The number of benzene rings is 2. The normalized spacial score (nSPS) is 10.4. The highest BCUT2D eigenvalue weighted by Crippen LogP contribution is 2.27. The summed E-state index contributed by atoms with van der Waals surface area (Å²) >= 11 is 21.2. The minimum absolute atomic E-state index is 0.634. The van der Waals surface area contributed by atoms with Gasteiger partial charge < -0.3 is 5.32 Å². The van der Waals surface area contributed by atoms with Crippen LogP contribution >= 0.6 is 50.7 Å². The molecule has 0 radical (unpaired) electrons. The first-order valence-corrected chi connectivity index (χ1v) is 7.11. The molecule has 0 aliphatic heterocycles. The van der Waals surface area contributed by atoms with Crippen LogP contribution in [0.15, 0.2) is 40.9 Å². The van der Waals surface area contributed by atoms with Gasteiger partial charge in [0.1, 0.15) is 0 Å². The van der Waals surface area contributed by atoms with Crippen molar-refractivity contribution in [3.63, 3.8) is 0 Å². The molecule has 0 bridgehead atoms. The number of rotatable bonds is 3. The van der Waals surface area contributed by atoms with E-state index < -0.39 is 0 Å². The minimum atomic E-state index is 0.634. The third kappa shape index (κ3) is 3.79. The summed E-state index contributed by atoms with van der Waals surface area (Å²) in [7, 11) is 0. The van der Waals surface area contributed by atoms with Crippen molar-refractivity contribution in [2.24, 2.45) is 0 Å². The maximum absolute atomic E-state index is 5.94. The molecule has 0 aromatic heterocycles. The van der Waals surface area contributed by atoms with E-state index in [0.717, 1.165) is 15.7 Å². The van der Waals surface area contributed by atoms with Gasteiger partial charge in [0.2, 0.25) is 0 Å². The molecule has 2 aromatic rings. The third-order valence-electron chi connectivity index (χ3n) is 2.34. The van der Waals surface area contributed by atoms with Gasteiger partial charge in [-0.25, -0.2) is 0 Å². The smallest absolute Gasteiger partial charge is 0.0488 e. The molecule has 1 N–H and O–H groups in total. The van der Waals surface area contributed by atoms with E-state index in [-0.39, 0.29) is 0 Å². The van der Waals surface area contributed by atoms with Gasteiger partial charge in [-0.3, -0.25) is 0 Å². The summed E-state index contributed by atoms with van der Waals surface area (Å²) in [4.78, 5) is 0. The molecule has 0 saturated heterocycles. The number of nitrogens with one attached hydrogen (secondary N) is 1. The Hall–Kier alpha value is -0.410. The van der Waals surface area contributed by atoms with Crippen LogP contribution in [0.5, 0.6) is 0 Å². The molecule has 0 amide bonds. The monoisotopic (exact) mass is 363 g/mol. The first-order chi connectivity index (χ1) is 8.54. The van der Waals surface area contributed by atoms with E-state index in [9.17, 15) is 0 Å². The van der Waals surface area contributed by atoms with Gasteiger partial charge in [0.15, 0.2) is 0 Å². The van der Waals surface area contributed by atoms with Crippen molar-refractivity contribution in [3.8, 4) is 0 Å². The second-order valence-electron chi connectivity index (χ2n) is 3.76. The summed E-state index contributed by atoms with van der Waals surface area (Å²) in [6.45, 7) is 0.639. The highest BCUT2D eigenvalue weighted by atomic mass is 79.9. The Morgan fingerprint density at radius 3 is 2.17 bits per heavy atom. The van der Waals surface area contributed by atoms with Crippen LogP contribution in [0.3, 0.4) is 0 Å². The molecule has 2 aromatic carbocycles. The highest BCUT2D eigenvalue weighted by Gasteiger charge is 2.02. The number of anilines is 1. The second kappa shape index (κ2) is 6.16. The molecule has 5 heteroatoms. The van der Waals surface area contributed by atoms with Crippen LogP contribution < -0.4 is 5.32 Å². The van der Waals surface area contributed by atoms with Gasteiger partial charge in [0.25, 0.3) is 0 Å². The molecular formula is C13H9BrCl3N. The second-order valence-corrected chi connectivity index (χ2v) is 5.92. The fourth-order valence-electron chi connectivity index (χ4n) is 1.54. The van der Waals surface area contributed by atoms with Gasteiger partial charge in [-0.1, -0.05) is 34.8 Å². The van der Waals surface area contributed by atoms with Crippen molar-refractivity contribution >= 4 is 56.4 Å². The highest BCUT2D eigenvalue weighted by molar-refractivity contribution is 9.10. The number of hydrogen-bond acceptors (Lipinski definition) is 1. The summed E-state index contributed by atoms with van der Waals surface area (Å²) in [5.74, 6) is 0. The maximum Gasteiger partial charge on any atom is 0.0488 e. The van der Waals surface area contributed by atoms with Crippen LogP contribution in [0.25, 0.3) is 0 Å². The van der Waals surface area contributed by atoms with E-state index in [4.69, 9.17) is 34.8 Å². The molecule has 0 aliphatic carbocycles. The minimum Gasteiger partial charge on any atom is -0.380 e. The maximum atomic E-state index is 5.94. The van der Waals surface area contributed by atoms with Gasteiger partial charge in [0.05, 0.1) is 0 Å². The molecule has 0 unspecified atom stereocenters. The Kier molecular flexibility index (Phi) is 4.79. The first-order valence-electron chi connectivity index (χ1n) is 5.18. The summed E-state index contributed by atoms with van der Waals surface area (Å²) in [6, 6.07) is 11.1. The Labute approximate surface area is 129 Å². The summed E-state index contributed by atoms with van der Waals surface area (Å²) < 4.78 is 0.920. The van der Waals surface area contributed by atoms with E-state index in [0.29, 0.717) is 21.6 Å². The molecule has 18 heavy (non-hydrogen) atoms.